The number of amides is 1. The van der Waals surface area contributed by atoms with Gasteiger partial charge in [0, 0.05) is 14.5 Å². The molecule has 6 heteroatoms. The number of carbonyl (C=O) groups is 1. The predicted molar refractivity (Wildman–Crippen MR) is 124 cm³/mol. The number of hydrogen-bond donors (Lipinski definition) is 1. The third-order valence-electron chi connectivity index (χ3n) is 4.81. The predicted octanol–water partition coefficient (Wildman–Crippen LogP) is 6.08. The zero-order valence-electron chi connectivity index (χ0n) is 15.9. The van der Waals surface area contributed by atoms with Crippen LogP contribution in [-0.2, 0) is 0 Å². The molecule has 0 aliphatic rings. The van der Waals surface area contributed by atoms with Crippen molar-refractivity contribution in [3.8, 4) is 17.3 Å². The Labute approximate surface area is 186 Å². The molecule has 30 heavy (non-hydrogen) atoms. The quantitative estimate of drug-likeness (QED) is 0.342. The number of anilines is 1. The first-order valence-corrected chi connectivity index (χ1v) is 10.2. The van der Waals surface area contributed by atoms with Crippen LogP contribution >= 0.6 is 22.6 Å². The van der Waals surface area contributed by atoms with E-state index >= 15 is 0 Å². The lowest BCUT2D eigenvalue weighted by Crippen LogP contribution is -2.16. The van der Waals surface area contributed by atoms with Crippen LogP contribution in [0.25, 0.3) is 22.2 Å². The van der Waals surface area contributed by atoms with Crippen molar-refractivity contribution in [2.24, 2.45) is 0 Å². The van der Waals surface area contributed by atoms with Gasteiger partial charge >= 0.3 is 0 Å². The third-order valence-corrected chi connectivity index (χ3v) is 5.48. The van der Waals surface area contributed by atoms with Crippen LogP contribution in [0.15, 0.2) is 66.7 Å². The number of aromatic nitrogens is 1. The molecule has 1 aromatic heterocycles. The fraction of sp³-hybridized carbons (Fsp3) is 0.0417. The van der Waals surface area contributed by atoms with E-state index in [9.17, 15) is 9.18 Å². The van der Waals surface area contributed by atoms with Crippen molar-refractivity contribution < 1.29 is 9.18 Å². The first kappa shape index (κ1) is 20.0. The molecule has 0 spiro atoms. The van der Waals surface area contributed by atoms with Crippen molar-refractivity contribution >= 4 is 45.1 Å². The normalized spacial score (nSPS) is 10.6. The van der Waals surface area contributed by atoms with E-state index in [4.69, 9.17) is 10.2 Å². The maximum absolute atomic E-state index is 14.4. The summed E-state index contributed by atoms with van der Waals surface area (Å²) in [6.45, 7) is 1.85. The Bertz CT molecular complexity index is 1330. The molecule has 0 aliphatic heterocycles. The average molecular weight is 507 g/mol. The molecule has 146 valence electrons. The van der Waals surface area contributed by atoms with Crippen LogP contribution in [-0.4, -0.2) is 10.9 Å². The summed E-state index contributed by atoms with van der Waals surface area (Å²) in [5.41, 5.74) is 3.66. The monoisotopic (exact) mass is 507 g/mol. The van der Waals surface area contributed by atoms with Gasteiger partial charge in [0.05, 0.1) is 34.1 Å². The number of nitriles is 1. The minimum Gasteiger partial charge on any atom is -0.319 e. The van der Waals surface area contributed by atoms with Gasteiger partial charge in [-0.05, 0) is 71.5 Å². The van der Waals surface area contributed by atoms with Crippen LogP contribution in [0.1, 0.15) is 21.5 Å². The molecule has 4 rings (SSSR count). The SMILES string of the molecule is Cc1c(-c2ccccc2)nc2ccc(I)cc2c1C(=O)Nc1ccc(C#N)cc1F. The molecule has 0 atom stereocenters. The molecule has 0 saturated heterocycles. The summed E-state index contributed by atoms with van der Waals surface area (Å²) in [6, 6.07) is 21.2. The van der Waals surface area contributed by atoms with Gasteiger partial charge in [-0.15, -0.1) is 0 Å². The van der Waals surface area contributed by atoms with Crippen LogP contribution in [0.3, 0.4) is 0 Å². The highest BCUT2D eigenvalue weighted by atomic mass is 127. The molecule has 1 heterocycles. The minimum atomic E-state index is -0.656. The second-order valence-corrected chi connectivity index (χ2v) is 7.99. The molecule has 0 fully saturated rings. The van der Waals surface area contributed by atoms with Crippen LogP contribution in [0.5, 0.6) is 0 Å². The lowest BCUT2D eigenvalue weighted by Gasteiger charge is -2.15. The van der Waals surface area contributed by atoms with Crippen molar-refractivity contribution in [1.82, 2.24) is 4.98 Å². The molecule has 0 radical (unpaired) electrons. The summed E-state index contributed by atoms with van der Waals surface area (Å²) in [7, 11) is 0. The second-order valence-electron chi connectivity index (χ2n) is 6.75. The fourth-order valence-electron chi connectivity index (χ4n) is 3.37. The maximum Gasteiger partial charge on any atom is 0.256 e. The molecular formula is C24H15FIN3O. The summed E-state index contributed by atoms with van der Waals surface area (Å²) >= 11 is 2.19. The highest BCUT2D eigenvalue weighted by Gasteiger charge is 2.20. The molecule has 3 aromatic carbocycles. The first-order valence-electron chi connectivity index (χ1n) is 9.14. The van der Waals surface area contributed by atoms with Gasteiger partial charge in [-0.25, -0.2) is 9.37 Å². The zero-order valence-corrected chi connectivity index (χ0v) is 18.1. The number of pyridine rings is 1. The van der Waals surface area contributed by atoms with Crippen LogP contribution < -0.4 is 5.32 Å². The van der Waals surface area contributed by atoms with E-state index in [0.717, 1.165) is 15.2 Å². The van der Waals surface area contributed by atoms with E-state index < -0.39 is 11.7 Å². The van der Waals surface area contributed by atoms with E-state index in [1.165, 1.54) is 12.1 Å². The molecule has 4 aromatic rings. The average Bonchev–Trinajstić information content (AvgIpc) is 2.75. The van der Waals surface area contributed by atoms with Crippen molar-refractivity contribution in [3.63, 3.8) is 0 Å². The molecule has 0 aliphatic carbocycles. The Morgan fingerprint density at radius 3 is 2.57 bits per heavy atom. The Kier molecular flexibility index (Phi) is 5.46. The zero-order chi connectivity index (χ0) is 21.3. The highest BCUT2D eigenvalue weighted by Crippen LogP contribution is 2.31. The Hall–Kier alpha value is -3.31. The number of halogens is 2. The van der Waals surface area contributed by atoms with Crippen LogP contribution in [0, 0.1) is 27.6 Å². The molecule has 0 bridgehead atoms. The Balaban J connectivity index is 1.88. The van der Waals surface area contributed by atoms with Gasteiger partial charge in [-0.3, -0.25) is 4.79 Å². The summed E-state index contributed by atoms with van der Waals surface area (Å²) in [4.78, 5) is 18.1. The maximum atomic E-state index is 14.4. The van der Waals surface area contributed by atoms with Gasteiger partial charge in [-0.2, -0.15) is 5.26 Å². The smallest absolute Gasteiger partial charge is 0.256 e. The van der Waals surface area contributed by atoms with Crippen molar-refractivity contribution in [3.05, 3.63) is 92.8 Å². The van der Waals surface area contributed by atoms with E-state index in [-0.39, 0.29) is 11.3 Å². The second kappa shape index (κ2) is 8.20. The number of benzene rings is 3. The fourth-order valence-corrected chi connectivity index (χ4v) is 3.86. The van der Waals surface area contributed by atoms with Crippen LogP contribution in [0.4, 0.5) is 10.1 Å². The molecule has 1 N–H and O–H groups in total. The minimum absolute atomic E-state index is 0.0234. The van der Waals surface area contributed by atoms with Gasteiger partial charge < -0.3 is 5.32 Å². The summed E-state index contributed by atoms with van der Waals surface area (Å²) < 4.78 is 15.3. The first-order chi connectivity index (χ1) is 14.5. The number of rotatable bonds is 3. The lowest BCUT2D eigenvalue weighted by atomic mass is 9.97. The van der Waals surface area contributed by atoms with E-state index in [2.05, 4.69) is 27.9 Å². The standard InChI is InChI=1S/C24H15FIN3O/c1-14-22(24(30)29-21-9-7-15(13-27)11-19(21)25)18-12-17(26)8-10-20(18)28-23(14)16-5-3-2-4-6-16/h2-12H,1H3,(H,29,30). The highest BCUT2D eigenvalue weighted by molar-refractivity contribution is 14.1. The third kappa shape index (κ3) is 3.76. The Morgan fingerprint density at radius 1 is 1.10 bits per heavy atom. The van der Waals surface area contributed by atoms with Gasteiger partial charge in [0.1, 0.15) is 5.82 Å². The number of hydrogen-bond acceptors (Lipinski definition) is 3. The van der Waals surface area contributed by atoms with Crippen molar-refractivity contribution in [2.75, 3.05) is 5.32 Å². The summed E-state index contributed by atoms with van der Waals surface area (Å²) in [5.74, 6) is -1.08. The molecular weight excluding hydrogens is 492 g/mol. The van der Waals surface area contributed by atoms with Gasteiger partial charge in [0.2, 0.25) is 0 Å². The number of nitrogens with zero attached hydrogens (tertiary/aromatic N) is 2. The molecule has 1 amide bonds. The van der Waals surface area contributed by atoms with Gasteiger partial charge in [0.15, 0.2) is 0 Å². The molecule has 4 nitrogen and oxygen atoms in total. The summed E-state index contributed by atoms with van der Waals surface area (Å²) in [5, 5.41) is 12.3. The number of carbonyl (C=O) groups excluding carboxylic acids is 1. The van der Waals surface area contributed by atoms with Gasteiger partial charge in [-0.1, -0.05) is 30.3 Å². The summed E-state index contributed by atoms with van der Waals surface area (Å²) in [6.07, 6.45) is 0. The van der Waals surface area contributed by atoms with Gasteiger partial charge in [0.25, 0.3) is 5.91 Å². The molecule has 0 saturated carbocycles. The topological polar surface area (TPSA) is 65.8 Å². The van der Waals surface area contributed by atoms with E-state index in [1.54, 1.807) is 0 Å². The number of fused-ring (bicyclic) bond motifs is 1. The van der Waals surface area contributed by atoms with Crippen molar-refractivity contribution in [1.29, 1.82) is 5.26 Å². The van der Waals surface area contributed by atoms with Crippen molar-refractivity contribution in [2.45, 2.75) is 6.92 Å². The Morgan fingerprint density at radius 2 is 1.87 bits per heavy atom. The van der Waals surface area contributed by atoms with Crippen LogP contribution in [0.2, 0.25) is 0 Å². The number of nitrogens with one attached hydrogen (secondary N) is 1. The largest absolute Gasteiger partial charge is 0.319 e. The van der Waals surface area contributed by atoms with E-state index in [0.29, 0.717) is 27.7 Å². The van der Waals surface area contributed by atoms with E-state index in [1.807, 2.05) is 61.5 Å². The molecule has 0 unspecified atom stereocenters. The lowest BCUT2D eigenvalue weighted by molar-refractivity contribution is 0.102.